The largest absolute Gasteiger partial charge is 0.496 e. The molecule has 2 amide bonds. The SMILES string of the molecule is COc1cc2occ(-c3ccccc3OC)c2cc1/C(C)=C/C(=O)Nc1cccc(NC(C)=O)c1. The molecule has 0 saturated carbocycles. The van der Waals surface area contributed by atoms with Crippen LogP contribution in [-0.2, 0) is 9.59 Å². The minimum atomic E-state index is -0.304. The minimum Gasteiger partial charge on any atom is -0.496 e. The summed E-state index contributed by atoms with van der Waals surface area (Å²) >= 11 is 0. The zero-order valence-electron chi connectivity index (χ0n) is 20.0. The molecular weight excluding hydrogens is 444 g/mol. The van der Waals surface area contributed by atoms with E-state index >= 15 is 0 Å². The molecule has 0 aliphatic rings. The number of ether oxygens (including phenoxy) is 2. The van der Waals surface area contributed by atoms with Crippen molar-refractivity contribution < 1.29 is 23.5 Å². The van der Waals surface area contributed by atoms with E-state index in [1.54, 1.807) is 44.7 Å². The van der Waals surface area contributed by atoms with Crippen molar-refractivity contribution >= 4 is 39.7 Å². The van der Waals surface area contributed by atoms with Gasteiger partial charge in [-0.2, -0.15) is 0 Å². The van der Waals surface area contributed by atoms with E-state index in [2.05, 4.69) is 10.6 Å². The number of rotatable bonds is 7. The second-order valence-electron chi connectivity index (χ2n) is 7.98. The van der Waals surface area contributed by atoms with Crippen molar-refractivity contribution in [1.29, 1.82) is 0 Å². The molecule has 3 aromatic carbocycles. The van der Waals surface area contributed by atoms with E-state index in [9.17, 15) is 9.59 Å². The fourth-order valence-corrected chi connectivity index (χ4v) is 3.94. The highest BCUT2D eigenvalue weighted by atomic mass is 16.5. The third kappa shape index (κ3) is 5.19. The van der Waals surface area contributed by atoms with Gasteiger partial charge in [0.25, 0.3) is 0 Å². The molecule has 0 saturated heterocycles. The van der Waals surface area contributed by atoms with E-state index in [0.29, 0.717) is 28.3 Å². The molecule has 0 bridgehead atoms. The number of carbonyl (C=O) groups excluding carboxylic acids is 2. The average Bonchev–Trinajstić information content (AvgIpc) is 3.25. The number of benzene rings is 3. The summed E-state index contributed by atoms with van der Waals surface area (Å²) < 4.78 is 16.9. The summed E-state index contributed by atoms with van der Waals surface area (Å²) in [7, 11) is 3.21. The van der Waals surface area contributed by atoms with Crippen LogP contribution in [0.25, 0.3) is 27.7 Å². The second kappa shape index (κ2) is 10.2. The van der Waals surface area contributed by atoms with Gasteiger partial charge in [0, 0.05) is 52.5 Å². The number of anilines is 2. The van der Waals surface area contributed by atoms with E-state index in [4.69, 9.17) is 13.9 Å². The molecule has 7 heteroatoms. The third-order valence-corrected chi connectivity index (χ3v) is 5.52. The highest BCUT2D eigenvalue weighted by molar-refractivity contribution is 6.06. The monoisotopic (exact) mass is 470 g/mol. The van der Waals surface area contributed by atoms with E-state index in [-0.39, 0.29) is 11.8 Å². The van der Waals surface area contributed by atoms with Crippen molar-refractivity contribution in [2.45, 2.75) is 13.8 Å². The molecule has 0 unspecified atom stereocenters. The first-order valence-corrected chi connectivity index (χ1v) is 11.0. The van der Waals surface area contributed by atoms with Gasteiger partial charge in [-0.1, -0.05) is 24.3 Å². The van der Waals surface area contributed by atoms with Crippen LogP contribution in [0.1, 0.15) is 19.4 Å². The molecule has 4 aromatic rings. The molecule has 2 N–H and O–H groups in total. The third-order valence-electron chi connectivity index (χ3n) is 5.52. The van der Waals surface area contributed by atoms with E-state index in [0.717, 1.165) is 27.8 Å². The first-order chi connectivity index (χ1) is 16.9. The Kier molecular flexibility index (Phi) is 6.87. The normalized spacial score (nSPS) is 11.3. The Morgan fingerprint density at radius 1 is 0.829 bits per heavy atom. The molecule has 178 valence electrons. The Bertz CT molecular complexity index is 1430. The predicted octanol–water partition coefficient (Wildman–Crippen LogP) is 6.12. The fraction of sp³-hybridized carbons (Fsp3) is 0.143. The molecule has 0 radical (unpaired) electrons. The summed E-state index contributed by atoms with van der Waals surface area (Å²) in [5.41, 5.74) is 5.11. The number of amides is 2. The summed E-state index contributed by atoms with van der Waals surface area (Å²) in [5.74, 6) is 0.841. The number of methoxy groups -OCH3 is 2. The van der Waals surface area contributed by atoms with Gasteiger partial charge in [-0.25, -0.2) is 0 Å². The van der Waals surface area contributed by atoms with Crippen LogP contribution in [0.2, 0.25) is 0 Å². The molecule has 35 heavy (non-hydrogen) atoms. The average molecular weight is 471 g/mol. The number of nitrogens with one attached hydrogen (secondary N) is 2. The first-order valence-electron chi connectivity index (χ1n) is 11.0. The van der Waals surface area contributed by atoms with Gasteiger partial charge in [0.05, 0.1) is 20.5 Å². The van der Waals surface area contributed by atoms with Gasteiger partial charge >= 0.3 is 0 Å². The summed E-state index contributed by atoms with van der Waals surface area (Å²) in [4.78, 5) is 24.1. The molecular formula is C28H26N2O5. The number of allylic oxidation sites excluding steroid dienone is 1. The van der Waals surface area contributed by atoms with Crippen LogP contribution in [-0.4, -0.2) is 26.0 Å². The zero-order chi connectivity index (χ0) is 24.9. The van der Waals surface area contributed by atoms with Crippen LogP contribution in [0.3, 0.4) is 0 Å². The maximum absolute atomic E-state index is 12.8. The van der Waals surface area contributed by atoms with Crippen LogP contribution >= 0.6 is 0 Å². The van der Waals surface area contributed by atoms with Crippen molar-refractivity contribution in [3.05, 3.63) is 78.6 Å². The Balaban J connectivity index is 1.67. The summed E-state index contributed by atoms with van der Waals surface area (Å²) in [6.45, 7) is 3.28. The number of hydrogen-bond donors (Lipinski definition) is 2. The van der Waals surface area contributed by atoms with Gasteiger partial charge in [-0.3, -0.25) is 9.59 Å². The van der Waals surface area contributed by atoms with Crippen molar-refractivity contribution in [2.75, 3.05) is 24.9 Å². The Labute approximate surface area is 203 Å². The Morgan fingerprint density at radius 3 is 2.26 bits per heavy atom. The first kappa shape index (κ1) is 23.6. The van der Waals surface area contributed by atoms with Crippen LogP contribution in [0.5, 0.6) is 11.5 Å². The Morgan fingerprint density at radius 2 is 1.54 bits per heavy atom. The minimum absolute atomic E-state index is 0.182. The maximum Gasteiger partial charge on any atom is 0.248 e. The van der Waals surface area contributed by atoms with Gasteiger partial charge in [0.2, 0.25) is 11.8 Å². The summed E-state index contributed by atoms with van der Waals surface area (Å²) in [6, 6.07) is 18.5. The van der Waals surface area contributed by atoms with Gasteiger partial charge in [0.15, 0.2) is 0 Å². The number of furan rings is 1. The lowest BCUT2D eigenvalue weighted by molar-refractivity contribution is -0.114. The van der Waals surface area contributed by atoms with Crippen LogP contribution in [0.4, 0.5) is 11.4 Å². The lowest BCUT2D eigenvalue weighted by Crippen LogP contribution is -2.10. The van der Waals surface area contributed by atoms with Crippen molar-refractivity contribution in [3.8, 4) is 22.6 Å². The predicted molar refractivity (Wildman–Crippen MR) is 138 cm³/mol. The number of hydrogen-bond acceptors (Lipinski definition) is 5. The number of carbonyl (C=O) groups is 2. The van der Waals surface area contributed by atoms with Crippen LogP contribution < -0.4 is 20.1 Å². The van der Waals surface area contributed by atoms with Crippen LogP contribution in [0.15, 0.2) is 77.4 Å². The molecule has 0 atom stereocenters. The lowest BCUT2D eigenvalue weighted by atomic mass is 9.98. The van der Waals surface area contributed by atoms with E-state index in [1.807, 2.05) is 43.3 Å². The quantitative estimate of drug-likeness (QED) is 0.318. The highest BCUT2D eigenvalue weighted by Gasteiger charge is 2.17. The summed E-state index contributed by atoms with van der Waals surface area (Å²) in [5, 5.41) is 6.41. The molecule has 0 spiro atoms. The highest BCUT2D eigenvalue weighted by Crippen LogP contribution is 2.40. The molecule has 7 nitrogen and oxygen atoms in total. The van der Waals surface area contributed by atoms with Crippen molar-refractivity contribution in [3.63, 3.8) is 0 Å². The molecule has 0 aliphatic carbocycles. The molecule has 1 aromatic heterocycles. The second-order valence-corrected chi connectivity index (χ2v) is 7.98. The maximum atomic E-state index is 12.8. The number of para-hydroxylation sites is 1. The summed E-state index contributed by atoms with van der Waals surface area (Å²) in [6.07, 6.45) is 3.21. The lowest BCUT2D eigenvalue weighted by Gasteiger charge is -2.11. The van der Waals surface area contributed by atoms with Gasteiger partial charge in [0.1, 0.15) is 17.1 Å². The van der Waals surface area contributed by atoms with Crippen LogP contribution in [0, 0.1) is 0 Å². The smallest absolute Gasteiger partial charge is 0.248 e. The van der Waals surface area contributed by atoms with Crippen molar-refractivity contribution in [2.24, 2.45) is 0 Å². The fourth-order valence-electron chi connectivity index (χ4n) is 3.94. The van der Waals surface area contributed by atoms with Crippen molar-refractivity contribution in [1.82, 2.24) is 0 Å². The topological polar surface area (TPSA) is 89.8 Å². The standard InChI is InChI=1S/C28H26N2O5/c1-17(12-28(32)30-20-9-7-8-19(13-20)29-18(2)31)22-14-23-24(16-35-27(23)15-26(22)34-4)21-10-5-6-11-25(21)33-3/h5-16H,1-4H3,(H,29,31)(H,30,32)/b17-12+. The van der Waals surface area contributed by atoms with E-state index in [1.165, 1.54) is 13.0 Å². The zero-order valence-corrected chi connectivity index (χ0v) is 20.0. The van der Waals surface area contributed by atoms with Gasteiger partial charge < -0.3 is 24.5 Å². The Hall–Kier alpha value is -4.52. The van der Waals surface area contributed by atoms with E-state index < -0.39 is 0 Å². The number of fused-ring (bicyclic) bond motifs is 1. The van der Waals surface area contributed by atoms with Gasteiger partial charge in [-0.15, -0.1) is 0 Å². The molecule has 1 heterocycles. The molecule has 0 aliphatic heterocycles. The van der Waals surface area contributed by atoms with Gasteiger partial charge in [-0.05, 0) is 42.8 Å². The molecule has 0 fully saturated rings. The molecule has 4 rings (SSSR count).